The summed E-state index contributed by atoms with van der Waals surface area (Å²) in [5, 5.41) is 9.11. The zero-order valence-corrected chi connectivity index (χ0v) is 20.1. The zero-order valence-electron chi connectivity index (χ0n) is 20.1. The van der Waals surface area contributed by atoms with Gasteiger partial charge in [-0.15, -0.1) is 0 Å². The van der Waals surface area contributed by atoms with E-state index in [1.165, 1.54) is 0 Å². The normalized spacial score (nSPS) is 11.2. The van der Waals surface area contributed by atoms with Gasteiger partial charge < -0.3 is 33.5 Å². The highest BCUT2D eigenvalue weighted by molar-refractivity contribution is 5.84. The Kier molecular flexibility index (Phi) is 12.4. The Labute approximate surface area is 201 Å². The van der Waals surface area contributed by atoms with Crippen LogP contribution in [0.25, 0.3) is 0 Å². The quantitative estimate of drug-likeness (QED) is 0.157. The summed E-state index contributed by atoms with van der Waals surface area (Å²) in [4.78, 5) is 11.1. The number of methoxy groups -OCH3 is 2. The average molecular weight is 475 g/mol. The molecule has 8 nitrogen and oxygen atoms in total. The van der Waals surface area contributed by atoms with Gasteiger partial charge in [-0.2, -0.15) is 0 Å². The first-order valence-corrected chi connectivity index (χ1v) is 11.2. The second kappa shape index (κ2) is 15.6. The lowest BCUT2D eigenvalue weighted by Gasteiger charge is -2.12. The van der Waals surface area contributed by atoms with Crippen molar-refractivity contribution < 1.29 is 38.3 Å². The molecule has 0 saturated carbocycles. The van der Waals surface area contributed by atoms with Crippen molar-refractivity contribution in [2.24, 2.45) is 0 Å². The molecule has 0 aliphatic rings. The van der Waals surface area contributed by atoms with Crippen molar-refractivity contribution >= 4 is 5.97 Å². The molecule has 8 heteroatoms. The van der Waals surface area contributed by atoms with Crippen LogP contribution < -0.4 is 14.2 Å². The molecule has 0 heterocycles. The molecule has 0 saturated heterocycles. The molecule has 0 aromatic heterocycles. The van der Waals surface area contributed by atoms with Crippen molar-refractivity contribution in [3.8, 4) is 17.2 Å². The molecular weight excluding hydrogens is 440 g/mol. The molecule has 1 N–H and O–H groups in total. The summed E-state index contributed by atoms with van der Waals surface area (Å²) >= 11 is 0. The van der Waals surface area contributed by atoms with Gasteiger partial charge >= 0.3 is 5.97 Å². The number of carboxylic acid groups (broad SMARTS) is 1. The van der Waals surface area contributed by atoms with Crippen LogP contribution in [0.5, 0.6) is 17.2 Å². The first-order chi connectivity index (χ1) is 16.6. The Balaban J connectivity index is 1.81. The summed E-state index contributed by atoms with van der Waals surface area (Å²) in [5.74, 6) is 0.963. The number of allylic oxidation sites excluding steroid dienone is 1. The first-order valence-electron chi connectivity index (χ1n) is 11.2. The van der Waals surface area contributed by atoms with Gasteiger partial charge in [0.15, 0.2) is 24.1 Å². The number of carbonyl (C=O) groups is 1. The van der Waals surface area contributed by atoms with Gasteiger partial charge in [0.1, 0.15) is 5.75 Å². The van der Waals surface area contributed by atoms with Crippen LogP contribution in [0.4, 0.5) is 0 Å². The zero-order chi connectivity index (χ0) is 24.6. The van der Waals surface area contributed by atoms with Crippen molar-refractivity contribution in [1.82, 2.24) is 0 Å². The molecule has 0 aliphatic carbocycles. The molecule has 2 aromatic carbocycles. The van der Waals surface area contributed by atoms with Crippen LogP contribution in [0.3, 0.4) is 0 Å². The van der Waals surface area contributed by atoms with E-state index in [2.05, 4.69) is 0 Å². The highest BCUT2D eigenvalue weighted by Crippen LogP contribution is 2.29. The van der Waals surface area contributed by atoms with Crippen molar-refractivity contribution in [3.05, 3.63) is 65.4 Å². The third-order valence-corrected chi connectivity index (χ3v) is 4.81. The van der Waals surface area contributed by atoms with Crippen LogP contribution >= 0.6 is 0 Å². The van der Waals surface area contributed by atoms with E-state index in [0.717, 1.165) is 23.3 Å². The van der Waals surface area contributed by atoms with Gasteiger partial charge in [-0.1, -0.05) is 18.2 Å². The van der Waals surface area contributed by atoms with E-state index in [4.69, 9.17) is 33.5 Å². The predicted molar refractivity (Wildman–Crippen MR) is 128 cm³/mol. The Hall–Kier alpha value is -3.23. The maximum absolute atomic E-state index is 11.1. The molecule has 0 amide bonds. The van der Waals surface area contributed by atoms with Gasteiger partial charge in [0.25, 0.3) is 0 Å². The second-order valence-corrected chi connectivity index (χ2v) is 7.24. The number of aryl methyl sites for hydroxylation is 1. The number of rotatable bonds is 17. The molecule has 0 fully saturated rings. The fourth-order valence-corrected chi connectivity index (χ4v) is 3.06. The molecule has 0 aliphatic heterocycles. The van der Waals surface area contributed by atoms with E-state index in [-0.39, 0.29) is 12.6 Å². The molecule has 0 atom stereocenters. The van der Waals surface area contributed by atoms with Crippen LogP contribution in [0.1, 0.15) is 24.5 Å². The topological polar surface area (TPSA) is 92.7 Å². The number of ether oxygens (including phenoxy) is 6. The largest absolute Gasteiger partial charge is 0.493 e. The standard InChI is InChI=1S/C26H34O8/c1-4-32-24(26(27)28)7-5-6-21-10-13-23(25(18-21)30-3)33-15-14-20-8-11-22(12-9-20)34-19-31-17-16-29-2/h7-13,18H,4-6,14-17,19H2,1-3H3,(H,27,28). The van der Waals surface area contributed by atoms with Crippen LogP contribution in [-0.2, 0) is 31.8 Å². The lowest BCUT2D eigenvalue weighted by Crippen LogP contribution is -2.07. The Morgan fingerprint density at radius 1 is 0.912 bits per heavy atom. The number of aliphatic carboxylic acids is 1. The van der Waals surface area contributed by atoms with Crippen LogP contribution in [0.15, 0.2) is 54.3 Å². The second-order valence-electron chi connectivity index (χ2n) is 7.24. The summed E-state index contributed by atoms with van der Waals surface area (Å²) < 4.78 is 32.3. The summed E-state index contributed by atoms with van der Waals surface area (Å²) in [7, 11) is 3.23. The summed E-state index contributed by atoms with van der Waals surface area (Å²) in [6.07, 6.45) is 3.53. The number of hydrogen-bond donors (Lipinski definition) is 1. The Bertz CT molecular complexity index is 892. The summed E-state index contributed by atoms with van der Waals surface area (Å²) in [6, 6.07) is 13.5. The molecule has 34 heavy (non-hydrogen) atoms. The van der Waals surface area contributed by atoms with Crippen LogP contribution in [-0.4, -0.2) is 58.5 Å². The number of hydrogen-bond acceptors (Lipinski definition) is 7. The fourth-order valence-electron chi connectivity index (χ4n) is 3.06. The number of benzene rings is 2. The van der Waals surface area contributed by atoms with Crippen LogP contribution in [0.2, 0.25) is 0 Å². The van der Waals surface area contributed by atoms with Gasteiger partial charge in [-0.3, -0.25) is 0 Å². The van der Waals surface area contributed by atoms with Gasteiger partial charge in [0.05, 0.1) is 33.5 Å². The lowest BCUT2D eigenvalue weighted by atomic mass is 10.1. The molecule has 0 bridgehead atoms. The fraction of sp³-hybridized carbons (Fsp3) is 0.423. The predicted octanol–water partition coefficient (Wildman–Crippen LogP) is 4.25. The molecule has 0 radical (unpaired) electrons. The highest BCUT2D eigenvalue weighted by atomic mass is 16.7. The third kappa shape index (κ3) is 9.72. The summed E-state index contributed by atoms with van der Waals surface area (Å²) in [5.41, 5.74) is 2.14. The van der Waals surface area contributed by atoms with E-state index in [9.17, 15) is 4.79 Å². The average Bonchev–Trinajstić information content (AvgIpc) is 2.84. The Morgan fingerprint density at radius 2 is 1.68 bits per heavy atom. The smallest absolute Gasteiger partial charge is 0.370 e. The molecule has 0 unspecified atom stereocenters. The van der Waals surface area contributed by atoms with Gasteiger partial charge in [0.2, 0.25) is 0 Å². The summed E-state index contributed by atoms with van der Waals surface area (Å²) in [6.45, 7) is 3.79. The maximum atomic E-state index is 11.1. The van der Waals surface area contributed by atoms with E-state index >= 15 is 0 Å². The third-order valence-electron chi connectivity index (χ3n) is 4.81. The minimum absolute atomic E-state index is 0.0237. The van der Waals surface area contributed by atoms with Crippen LogP contribution in [0, 0.1) is 0 Å². The van der Waals surface area contributed by atoms with E-state index < -0.39 is 5.97 Å². The molecule has 186 valence electrons. The SMILES string of the molecule is CCOC(=CCCc1ccc(OCCc2ccc(OCOCCOC)cc2)c(OC)c1)C(=O)O. The van der Waals surface area contributed by atoms with Crippen molar-refractivity contribution in [2.45, 2.75) is 26.2 Å². The van der Waals surface area contributed by atoms with Gasteiger partial charge in [-0.05, 0) is 61.2 Å². The van der Waals surface area contributed by atoms with Gasteiger partial charge in [0, 0.05) is 13.5 Å². The lowest BCUT2D eigenvalue weighted by molar-refractivity contribution is -0.136. The number of carboxylic acids is 1. The minimum Gasteiger partial charge on any atom is -0.493 e. The monoisotopic (exact) mass is 474 g/mol. The highest BCUT2D eigenvalue weighted by Gasteiger charge is 2.09. The van der Waals surface area contributed by atoms with Crippen molar-refractivity contribution in [2.75, 3.05) is 47.4 Å². The van der Waals surface area contributed by atoms with E-state index in [0.29, 0.717) is 50.8 Å². The molecular formula is C26H34O8. The molecule has 2 rings (SSSR count). The van der Waals surface area contributed by atoms with Crippen molar-refractivity contribution in [1.29, 1.82) is 0 Å². The maximum Gasteiger partial charge on any atom is 0.370 e. The minimum atomic E-state index is -1.06. The van der Waals surface area contributed by atoms with E-state index in [1.54, 1.807) is 27.2 Å². The van der Waals surface area contributed by atoms with Crippen molar-refractivity contribution in [3.63, 3.8) is 0 Å². The van der Waals surface area contributed by atoms with E-state index in [1.807, 2.05) is 42.5 Å². The molecule has 2 aromatic rings. The first kappa shape index (κ1) is 27.0. The molecule has 0 spiro atoms. The van der Waals surface area contributed by atoms with Gasteiger partial charge in [-0.25, -0.2) is 4.79 Å². The Morgan fingerprint density at radius 3 is 2.35 bits per heavy atom.